The fourth-order valence-corrected chi connectivity index (χ4v) is 3.18. The molecule has 3 nitrogen and oxygen atoms in total. The van der Waals surface area contributed by atoms with Crippen molar-refractivity contribution < 1.29 is 9.53 Å². The zero-order valence-electron chi connectivity index (χ0n) is 12.2. The van der Waals surface area contributed by atoms with Gasteiger partial charge in [-0.25, -0.2) is 0 Å². The van der Waals surface area contributed by atoms with E-state index in [1.807, 2.05) is 13.0 Å². The molecule has 2 unspecified atom stereocenters. The Morgan fingerprint density at radius 1 is 1.35 bits per heavy atom. The zero-order chi connectivity index (χ0) is 13.9. The molecule has 2 aliphatic rings. The maximum Gasteiger partial charge on any atom is 0.179 e. The quantitative estimate of drug-likeness (QED) is 0.838. The smallest absolute Gasteiger partial charge is 0.179 e. The molecular formula is C17H23NO2. The number of benzene rings is 1. The summed E-state index contributed by atoms with van der Waals surface area (Å²) in [5.41, 5.74) is 3.63. The molecule has 1 aromatic rings. The molecule has 0 spiro atoms. The molecule has 1 aliphatic carbocycles. The number of carbonyl (C=O) groups excluding carboxylic acids is 1. The highest BCUT2D eigenvalue weighted by atomic mass is 16.5. The van der Waals surface area contributed by atoms with Crippen LogP contribution in [-0.4, -0.2) is 31.1 Å². The highest BCUT2D eigenvalue weighted by Crippen LogP contribution is 2.23. The van der Waals surface area contributed by atoms with E-state index in [0.717, 1.165) is 44.4 Å². The Balaban J connectivity index is 1.59. The van der Waals surface area contributed by atoms with E-state index in [9.17, 15) is 4.79 Å². The molecule has 0 radical (unpaired) electrons. The molecule has 1 N–H and O–H groups in total. The lowest BCUT2D eigenvalue weighted by Crippen LogP contribution is -2.38. The molecule has 1 fully saturated rings. The van der Waals surface area contributed by atoms with Crippen molar-refractivity contribution in [3.05, 3.63) is 34.9 Å². The number of rotatable bonds is 5. The first-order valence-electron chi connectivity index (χ1n) is 7.75. The third-order valence-corrected chi connectivity index (χ3v) is 4.45. The molecule has 3 heteroatoms. The molecule has 108 valence electrons. The van der Waals surface area contributed by atoms with Gasteiger partial charge in [0.2, 0.25) is 0 Å². The van der Waals surface area contributed by atoms with E-state index in [-0.39, 0.29) is 17.9 Å². The lowest BCUT2D eigenvalue weighted by atomic mass is 10.0. The second-order valence-electron chi connectivity index (χ2n) is 5.97. The highest BCUT2D eigenvalue weighted by Gasteiger charge is 2.21. The van der Waals surface area contributed by atoms with E-state index in [2.05, 4.69) is 17.4 Å². The molecule has 1 aromatic carbocycles. The van der Waals surface area contributed by atoms with Gasteiger partial charge in [-0.1, -0.05) is 12.1 Å². The van der Waals surface area contributed by atoms with Crippen LogP contribution in [0.4, 0.5) is 0 Å². The van der Waals surface area contributed by atoms with E-state index in [1.165, 1.54) is 17.5 Å². The maximum atomic E-state index is 12.4. The number of fused-ring (bicyclic) bond motifs is 1. The summed E-state index contributed by atoms with van der Waals surface area (Å²) in [6.45, 7) is 3.59. The Bertz CT molecular complexity index is 492. The van der Waals surface area contributed by atoms with Crippen LogP contribution in [0.5, 0.6) is 0 Å². The number of carbonyl (C=O) groups is 1. The van der Waals surface area contributed by atoms with Crippen LogP contribution in [0.2, 0.25) is 0 Å². The van der Waals surface area contributed by atoms with Crippen LogP contribution in [0.15, 0.2) is 18.2 Å². The van der Waals surface area contributed by atoms with E-state index >= 15 is 0 Å². The standard InChI is InChI=1S/C17H23NO2/c1-12(18-11-16-6-3-9-20-16)17(19)15-8-7-13-4-2-5-14(13)10-15/h7-8,10,12,16,18H,2-6,9,11H2,1H3. The van der Waals surface area contributed by atoms with Gasteiger partial charge in [-0.3, -0.25) is 4.79 Å². The van der Waals surface area contributed by atoms with Crippen molar-refractivity contribution in [2.24, 2.45) is 0 Å². The fraction of sp³-hybridized carbons (Fsp3) is 0.588. The Labute approximate surface area is 120 Å². The van der Waals surface area contributed by atoms with Crippen molar-refractivity contribution in [2.45, 2.75) is 51.2 Å². The van der Waals surface area contributed by atoms with Crippen molar-refractivity contribution >= 4 is 5.78 Å². The molecule has 2 atom stereocenters. The summed E-state index contributed by atoms with van der Waals surface area (Å²) >= 11 is 0. The van der Waals surface area contributed by atoms with E-state index in [0.29, 0.717) is 0 Å². The number of hydrogen-bond acceptors (Lipinski definition) is 3. The first-order chi connectivity index (χ1) is 9.74. The number of hydrogen-bond donors (Lipinski definition) is 1. The second-order valence-corrected chi connectivity index (χ2v) is 5.97. The number of nitrogens with one attached hydrogen (secondary N) is 1. The zero-order valence-corrected chi connectivity index (χ0v) is 12.2. The minimum atomic E-state index is -0.140. The van der Waals surface area contributed by atoms with Crippen LogP contribution < -0.4 is 5.32 Å². The molecule has 0 aromatic heterocycles. The predicted octanol–water partition coefficient (Wildman–Crippen LogP) is 2.52. The van der Waals surface area contributed by atoms with Crippen LogP contribution in [-0.2, 0) is 17.6 Å². The predicted molar refractivity (Wildman–Crippen MR) is 79.2 cm³/mol. The largest absolute Gasteiger partial charge is 0.377 e. The van der Waals surface area contributed by atoms with Gasteiger partial charge in [-0.2, -0.15) is 0 Å². The van der Waals surface area contributed by atoms with E-state index in [4.69, 9.17) is 4.74 Å². The van der Waals surface area contributed by atoms with Gasteiger partial charge in [-0.05, 0) is 56.2 Å². The third kappa shape index (κ3) is 2.94. The van der Waals surface area contributed by atoms with Crippen LogP contribution in [0.25, 0.3) is 0 Å². The van der Waals surface area contributed by atoms with Crippen LogP contribution in [0.3, 0.4) is 0 Å². The van der Waals surface area contributed by atoms with Gasteiger partial charge in [0.05, 0.1) is 12.1 Å². The van der Waals surface area contributed by atoms with Gasteiger partial charge in [-0.15, -0.1) is 0 Å². The lowest BCUT2D eigenvalue weighted by molar-refractivity contribution is 0.0902. The van der Waals surface area contributed by atoms with Gasteiger partial charge in [0, 0.05) is 18.7 Å². The van der Waals surface area contributed by atoms with Crippen LogP contribution >= 0.6 is 0 Å². The minimum Gasteiger partial charge on any atom is -0.377 e. The Morgan fingerprint density at radius 2 is 2.20 bits per heavy atom. The summed E-state index contributed by atoms with van der Waals surface area (Å²) in [7, 11) is 0. The van der Waals surface area contributed by atoms with E-state index < -0.39 is 0 Å². The number of ether oxygens (including phenoxy) is 1. The molecule has 0 saturated carbocycles. The SMILES string of the molecule is CC(NCC1CCCO1)C(=O)c1ccc2c(c1)CCC2. The molecule has 0 bridgehead atoms. The van der Waals surface area contributed by atoms with Gasteiger partial charge < -0.3 is 10.1 Å². The van der Waals surface area contributed by atoms with Crippen molar-refractivity contribution in [1.29, 1.82) is 0 Å². The lowest BCUT2D eigenvalue weighted by Gasteiger charge is -2.16. The summed E-state index contributed by atoms with van der Waals surface area (Å²) in [5.74, 6) is 0.192. The fourth-order valence-electron chi connectivity index (χ4n) is 3.18. The Hall–Kier alpha value is -1.19. The summed E-state index contributed by atoms with van der Waals surface area (Å²) in [4.78, 5) is 12.4. The van der Waals surface area contributed by atoms with Crippen LogP contribution in [0.1, 0.15) is 47.7 Å². The van der Waals surface area contributed by atoms with Crippen LogP contribution in [0, 0.1) is 0 Å². The van der Waals surface area contributed by atoms with Crippen molar-refractivity contribution in [3.63, 3.8) is 0 Å². The average Bonchev–Trinajstić information content (AvgIpc) is 3.13. The number of ketones is 1. The maximum absolute atomic E-state index is 12.4. The molecular weight excluding hydrogens is 250 g/mol. The summed E-state index contributed by atoms with van der Waals surface area (Å²) < 4.78 is 5.58. The summed E-state index contributed by atoms with van der Waals surface area (Å²) in [5, 5.41) is 3.32. The molecule has 20 heavy (non-hydrogen) atoms. The Morgan fingerprint density at radius 3 is 3.00 bits per heavy atom. The topological polar surface area (TPSA) is 38.3 Å². The normalized spacial score (nSPS) is 22.8. The minimum absolute atomic E-state index is 0.140. The van der Waals surface area contributed by atoms with Gasteiger partial charge in [0.1, 0.15) is 0 Å². The molecule has 1 heterocycles. The molecule has 1 saturated heterocycles. The monoisotopic (exact) mass is 273 g/mol. The Kier molecular flexibility index (Phi) is 4.18. The van der Waals surface area contributed by atoms with Crippen molar-refractivity contribution in [3.8, 4) is 0 Å². The van der Waals surface area contributed by atoms with Crippen molar-refractivity contribution in [1.82, 2.24) is 5.32 Å². The molecule has 3 rings (SSSR count). The average molecular weight is 273 g/mol. The first-order valence-corrected chi connectivity index (χ1v) is 7.75. The van der Waals surface area contributed by atoms with Crippen molar-refractivity contribution in [2.75, 3.05) is 13.2 Å². The summed E-state index contributed by atoms with van der Waals surface area (Å²) in [6.07, 6.45) is 6.03. The van der Waals surface area contributed by atoms with Gasteiger partial charge in [0.15, 0.2) is 5.78 Å². The first kappa shape index (κ1) is 13.8. The van der Waals surface area contributed by atoms with E-state index in [1.54, 1.807) is 0 Å². The second kappa shape index (κ2) is 6.06. The molecule has 1 aliphatic heterocycles. The van der Waals surface area contributed by atoms with Gasteiger partial charge >= 0.3 is 0 Å². The highest BCUT2D eigenvalue weighted by molar-refractivity contribution is 6.00. The van der Waals surface area contributed by atoms with Gasteiger partial charge in [0.25, 0.3) is 0 Å². The number of aryl methyl sites for hydroxylation is 2. The molecule has 0 amide bonds. The number of Topliss-reactive ketones (excluding diaryl/α,β-unsaturated/α-hetero) is 1. The third-order valence-electron chi connectivity index (χ3n) is 4.45. The summed E-state index contributed by atoms with van der Waals surface area (Å²) in [6, 6.07) is 6.06.